The minimum atomic E-state index is -0.0486. The van der Waals surface area contributed by atoms with Crippen molar-refractivity contribution >= 4 is 5.69 Å². The molecular formula is C21H25NO3. The van der Waals surface area contributed by atoms with Crippen molar-refractivity contribution in [1.82, 2.24) is 0 Å². The van der Waals surface area contributed by atoms with E-state index in [9.17, 15) is 10.2 Å². The Bertz CT molecular complexity index is 699. The minimum Gasteiger partial charge on any atom is -0.508 e. The average molecular weight is 339 g/mol. The van der Waals surface area contributed by atoms with Crippen LogP contribution in [0.25, 0.3) is 0 Å². The number of hydrogen-bond acceptors (Lipinski definition) is 4. The lowest BCUT2D eigenvalue weighted by Crippen LogP contribution is -2.48. The van der Waals surface area contributed by atoms with Gasteiger partial charge in [-0.25, -0.2) is 0 Å². The maximum atomic E-state index is 9.63. The Kier molecular flexibility index (Phi) is 4.40. The zero-order chi connectivity index (χ0) is 17.3. The highest BCUT2D eigenvalue weighted by molar-refractivity contribution is 5.52. The van der Waals surface area contributed by atoms with Crippen molar-refractivity contribution < 1.29 is 14.9 Å². The molecule has 2 N–H and O–H groups in total. The predicted octanol–water partition coefficient (Wildman–Crippen LogP) is 2.92. The van der Waals surface area contributed by atoms with Crippen LogP contribution in [0.5, 0.6) is 5.75 Å². The van der Waals surface area contributed by atoms with Gasteiger partial charge < -0.3 is 19.8 Å². The molecule has 2 saturated heterocycles. The summed E-state index contributed by atoms with van der Waals surface area (Å²) < 4.78 is 5.62. The summed E-state index contributed by atoms with van der Waals surface area (Å²) >= 11 is 0. The van der Waals surface area contributed by atoms with Gasteiger partial charge in [0.1, 0.15) is 5.75 Å². The number of aliphatic hydroxyl groups excluding tert-OH is 1. The summed E-state index contributed by atoms with van der Waals surface area (Å²) in [5.41, 5.74) is 3.73. The van der Waals surface area contributed by atoms with Gasteiger partial charge in [-0.3, -0.25) is 0 Å². The van der Waals surface area contributed by atoms with E-state index in [0.717, 1.165) is 39.1 Å². The van der Waals surface area contributed by atoms with Gasteiger partial charge in [-0.15, -0.1) is 0 Å². The molecule has 2 fully saturated rings. The topological polar surface area (TPSA) is 52.9 Å². The second-order valence-electron chi connectivity index (χ2n) is 7.24. The number of phenolic OH excluding ortho intramolecular Hbond substituents is 1. The van der Waals surface area contributed by atoms with Gasteiger partial charge in [0.15, 0.2) is 0 Å². The first kappa shape index (κ1) is 16.4. The highest BCUT2D eigenvalue weighted by Gasteiger charge is 2.36. The number of ether oxygens (including phenoxy) is 1. The van der Waals surface area contributed by atoms with Crippen LogP contribution in [0.3, 0.4) is 0 Å². The molecule has 0 bridgehead atoms. The van der Waals surface area contributed by atoms with Crippen molar-refractivity contribution in [2.24, 2.45) is 5.92 Å². The van der Waals surface area contributed by atoms with Crippen molar-refractivity contribution in [3.8, 4) is 5.75 Å². The molecule has 25 heavy (non-hydrogen) atoms. The van der Waals surface area contributed by atoms with Gasteiger partial charge in [0.25, 0.3) is 0 Å². The summed E-state index contributed by atoms with van der Waals surface area (Å²) in [6.45, 7) is 3.66. The van der Waals surface area contributed by atoms with Gasteiger partial charge in [0.05, 0.1) is 0 Å². The first-order valence-corrected chi connectivity index (χ1v) is 9.05. The molecule has 0 atom stereocenters. The van der Waals surface area contributed by atoms with Crippen LogP contribution in [0.15, 0.2) is 48.5 Å². The first-order chi connectivity index (χ1) is 12.2. The maximum Gasteiger partial charge on any atom is 0.115 e. The van der Waals surface area contributed by atoms with E-state index in [1.165, 1.54) is 16.8 Å². The monoisotopic (exact) mass is 339 g/mol. The van der Waals surface area contributed by atoms with Crippen molar-refractivity contribution in [3.63, 3.8) is 0 Å². The SMILES string of the molecule is OCC1CN(c2ccc(C3(c4ccc(O)cc4)CCOCC3)cc2)C1. The summed E-state index contributed by atoms with van der Waals surface area (Å²) in [5.74, 6) is 0.719. The van der Waals surface area contributed by atoms with Crippen LogP contribution in [0.2, 0.25) is 0 Å². The smallest absolute Gasteiger partial charge is 0.115 e. The van der Waals surface area contributed by atoms with E-state index in [-0.39, 0.29) is 12.0 Å². The van der Waals surface area contributed by atoms with E-state index in [1.54, 1.807) is 12.1 Å². The molecule has 2 aliphatic heterocycles. The van der Waals surface area contributed by atoms with Crippen molar-refractivity contribution in [3.05, 3.63) is 59.7 Å². The molecule has 2 aromatic carbocycles. The molecule has 2 aliphatic rings. The van der Waals surface area contributed by atoms with Crippen LogP contribution in [-0.2, 0) is 10.2 Å². The number of nitrogens with zero attached hydrogens (tertiary/aromatic N) is 1. The van der Waals surface area contributed by atoms with E-state index in [1.807, 2.05) is 12.1 Å². The minimum absolute atomic E-state index is 0.0486. The Hall–Kier alpha value is -2.04. The van der Waals surface area contributed by atoms with E-state index in [2.05, 4.69) is 29.2 Å². The second-order valence-corrected chi connectivity index (χ2v) is 7.24. The molecule has 4 heteroatoms. The van der Waals surface area contributed by atoms with E-state index in [0.29, 0.717) is 11.7 Å². The largest absolute Gasteiger partial charge is 0.508 e. The van der Waals surface area contributed by atoms with Crippen LogP contribution < -0.4 is 4.90 Å². The fraction of sp³-hybridized carbons (Fsp3) is 0.429. The Morgan fingerprint density at radius 3 is 2.04 bits per heavy atom. The van der Waals surface area contributed by atoms with Gasteiger partial charge in [-0.1, -0.05) is 24.3 Å². The van der Waals surface area contributed by atoms with Crippen LogP contribution >= 0.6 is 0 Å². The molecule has 0 unspecified atom stereocenters. The molecule has 132 valence electrons. The van der Waals surface area contributed by atoms with Crippen molar-refractivity contribution in [2.45, 2.75) is 18.3 Å². The predicted molar refractivity (Wildman–Crippen MR) is 98.2 cm³/mol. The lowest BCUT2D eigenvalue weighted by atomic mass is 9.69. The number of benzene rings is 2. The fourth-order valence-corrected chi connectivity index (χ4v) is 4.13. The third-order valence-electron chi connectivity index (χ3n) is 5.77. The highest BCUT2D eigenvalue weighted by Crippen LogP contribution is 2.42. The molecule has 0 aromatic heterocycles. The molecule has 0 aliphatic carbocycles. The van der Waals surface area contributed by atoms with E-state index < -0.39 is 0 Å². The normalized spacial score (nSPS) is 20.3. The zero-order valence-corrected chi connectivity index (χ0v) is 14.4. The van der Waals surface area contributed by atoms with E-state index in [4.69, 9.17) is 4.74 Å². The quantitative estimate of drug-likeness (QED) is 0.899. The number of aliphatic hydroxyl groups is 1. The van der Waals surface area contributed by atoms with Crippen LogP contribution in [0.4, 0.5) is 5.69 Å². The molecule has 0 saturated carbocycles. The average Bonchev–Trinajstić information content (AvgIpc) is 2.62. The molecule has 0 radical (unpaired) electrons. The molecule has 4 nitrogen and oxygen atoms in total. The standard InChI is InChI=1S/C21H25NO3/c23-15-16-13-22(14-16)19-5-1-17(2-6-19)21(9-11-25-12-10-21)18-3-7-20(24)8-4-18/h1-8,16,23-24H,9-15H2. The van der Waals surface area contributed by atoms with Gasteiger partial charge >= 0.3 is 0 Å². The zero-order valence-electron chi connectivity index (χ0n) is 14.4. The Balaban J connectivity index is 1.62. The van der Waals surface area contributed by atoms with Gasteiger partial charge in [-0.2, -0.15) is 0 Å². The number of anilines is 1. The summed E-state index contributed by atoms with van der Waals surface area (Å²) in [6, 6.07) is 16.5. The number of phenols is 1. The number of rotatable bonds is 4. The second kappa shape index (κ2) is 6.70. The van der Waals surface area contributed by atoms with Gasteiger partial charge in [0, 0.05) is 49.9 Å². The molecule has 2 aromatic rings. The fourth-order valence-electron chi connectivity index (χ4n) is 4.13. The van der Waals surface area contributed by atoms with Gasteiger partial charge in [0.2, 0.25) is 0 Å². The number of hydrogen-bond donors (Lipinski definition) is 2. The lowest BCUT2D eigenvalue weighted by molar-refractivity contribution is 0.0631. The first-order valence-electron chi connectivity index (χ1n) is 9.05. The summed E-state index contributed by atoms with van der Waals surface area (Å²) in [4.78, 5) is 2.31. The Labute approximate surface area is 148 Å². The number of aromatic hydroxyl groups is 1. The third kappa shape index (κ3) is 3.00. The van der Waals surface area contributed by atoms with Crippen LogP contribution in [0, 0.1) is 5.92 Å². The maximum absolute atomic E-state index is 9.63. The summed E-state index contributed by atoms with van der Waals surface area (Å²) in [7, 11) is 0. The third-order valence-corrected chi connectivity index (χ3v) is 5.77. The Morgan fingerprint density at radius 1 is 0.920 bits per heavy atom. The molecule has 2 heterocycles. The van der Waals surface area contributed by atoms with E-state index >= 15 is 0 Å². The van der Waals surface area contributed by atoms with Crippen molar-refractivity contribution in [1.29, 1.82) is 0 Å². The van der Waals surface area contributed by atoms with Crippen LogP contribution in [0.1, 0.15) is 24.0 Å². The molecule has 4 rings (SSSR count). The Morgan fingerprint density at radius 2 is 1.48 bits per heavy atom. The molecular weight excluding hydrogens is 314 g/mol. The molecule has 0 amide bonds. The lowest BCUT2D eigenvalue weighted by Gasteiger charge is -2.41. The summed E-state index contributed by atoms with van der Waals surface area (Å²) in [6.07, 6.45) is 1.90. The molecule has 0 spiro atoms. The summed E-state index contributed by atoms with van der Waals surface area (Å²) in [5, 5.41) is 18.8. The van der Waals surface area contributed by atoms with Crippen molar-refractivity contribution in [2.75, 3.05) is 37.8 Å². The highest BCUT2D eigenvalue weighted by atomic mass is 16.5. The van der Waals surface area contributed by atoms with Crippen LogP contribution in [-0.4, -0.2) is 43.1 Å². The van der Waals surface area contributed by atoms with Gasteiger partial charge in [-0.05, 0) is 48.2 Å².